The van der Waals surface area contributed by atoms with E-state index in [0.717, 1.165) is 96.7 Å². The molecule has 4 heterocycles. The number of benzene rings is 18. The van der Waals surface area contributed by atoms with Crippen LogP contribution in [0, 0.1) is 0 Å². The van der Waals surface area contributed by atoms with Crippen molar-refractivity contribution >= 4 is 77.7 Å². The average molecular weight is 1610 g/mol. The molecule has 3 aliphatic carbocycles. The molecule has 0 bridgehead atoms. The van der Waals surface area contributed by atoms with Gasteiger partial charge >= 0.3 is 0 Å². The first-order valence-electron chi connectivity index (χ1n) is 43.1. The van der Waals surface area contributed by atoms with E-state index in [9.17, 15) is 0 Å². The van der Waals surface area contributed by atoms with E-state index in [1.807, 2.05) is 72.8 Å². The van der Waals surface area contributed by atoms with Gasteiger partial charge in [-0.3, -0.25) is 9.13 Å². The third-order valence-corrected chi connectivity index (χ3v) is 26.1. The van der Waals surface area contributed by atoms with Gasteiger partial charge < -0.3 is 18.9 Å². The lowest BCUT2D eigenvalue weighted by Gasteiger charge is -2.32. The van der Waals surface area contributed by atoms with Crippen LogP contribution in [0.25, 0.3) is 145 Å². The maximum Gasteiger partial charge on any atom is 0.168 e. The third-order valence-electron chi connectivity index (χ3n) is 26.1. The summed E-state index contributed by atoms with van der Waals surface area (Å²) in [6.07, 6.45) is 0. The van der Waals surface area contributed by atoms with E-state index in [0.29, 0.717) is 0 Å². The zero-order chi connectivity index (χ0) is 83.6. The topological polar surface area (TPSA) is 77.8 Å². The molecule has 1 spiro atoms. The fraction of sp³-hybridized carbons (Fsp3) is 0.0345. The number of nitrogens with zero attached hydrogens (tertiary/aromatic N) is 10. The van der Waals surface area contributed by atoms with Gasteiger partial charge in [0.2, 0.25) is 0 Å². The monoisotopic (exact) mass is 1610 g/mol. The minimum atomic E-state index is -0.565. The highest BCUT2D eigenvalue weighted by atomic mass is 15.3. The predicted molar refractivity (Wildman–Crippen MR) is 516 cm³/mol. The van der Waals surface area contributed by atoms with Gasteiger partial charge in [-0.25, -0.2) is 0 Å². The zero-order valence-electron chi connectivity index (χ0n) is 69.2. The van der Waals surface area contributed by atoms with Gasteiger partial charge in [0.1, 0.15) is 0 Å². The van der Waals surface area contributed by atoms with Crippen molar-refractivity contribution in [2.45, 2.75) is 24.7 Å². The minimum absolute atomic E-state index is 0.224. The molecule has 0 saturated heterocycles. The van der Waals surface area contributed by atoms with Crippen molar-refractivity contribution in [3.8, 4) is 102 Å². The highest BCUT2D eigenvalue weighted by Crippen LogP contribution is 2.64. The van der Waals surface area contributed by atoms with Crippen molar-refractivity contribution in [3.05, 3.63) is 482 Å². The van der Waals surface area contributed by atoms with Crippen LogP contribution in [0.2, 0.25) is 0 Å². The normalized spacial score (nSPS) is 12.8. The fourth-order valence-corrected chi connectivity index (χ4v) is 20.5. The van der Waals surface area contributed by atoms with Crippen LogP contribution in [-0.4, -0.2) is 38.7 Å². The Hall–Kier alpha value is -16.6. The number of hydrogen-bond donors (Lipinski definition) is 0. The van der Waals surface area contributed by atoms with Crippen LogP contribution < -0.4 is 9.80 Å². The largest absolute Gasteiger partial charge is 0.310 e. The van der Waals surface area contributed by atoms with Gasteiger partial charge in [-0.05, 0) is 212 Å². The quantitative estimate of drug-likeness (QED) is 0.108. The molecule has 0 fully saturated rings. The first-order valence-corrected chi connectivity index (χ1v) is 43.1. The first-order chi connectivity index (χ1) is 62.3. The Morgan fingerprint density at radius 1 is 0.190 bits per heavy atom. The maximum atomic E-state index is 4.76. The second kappa shape index (κ2) is 29.7. The van der Waals surface area contributed by atoms with E-state index in [2.05, 4.69) is 418 Å². The Kier molecular flexibility index (Phi) is 17.3. The van der Waals surface area contributed by atoms with Crippen LogP contribution in [0.5, 0.6) is 0 Å². The average Bonchev–Trinajstić information content (AvgIpc) is 1.50. The molecule has 0 amide bonds. The van der Waals surface area contributed by atoms with E-state index in [1.165, 1.54) is 116 Å². The lowest BCUT2D eigenvalue weighted by molar-refractivity contribution is 0.660. The molecule has 0 N–H and O–H groups in total. The number of hydrogen-bond acceptors (Lipinski definition) is 6. The lowest BCUT2D eigenvalue weighted by Crippen LogP contribution is -2.26. The number of rotatable bonds is 14. The summed E-state index contributed by atoms with van der Waals surface area (Å²) in [5.41, 5.74) is 34.4. The molecule has 0 atom stereocenters. The van der Waals surface area contributed by atoms with Crippen molar-refractivity contribution in [2.75, 3.05) is 9.80 Å². The SMILES string of the molecule is CC1(C)c2cc(N(c3ccccc3)c3ccc(-n4c(-c5ccccc5)nnc4-c4ccccc4)cc3)ccc2-c2ccc(-n3c4ccccc4c4ccccc43)cc21.c1ccc(-c2nnc(-c3ccccc3)n2-c2ccc(N(c3ccccc3)c3ccc4c(c3)C3(c5ccccc5-c5ccccc53)c3cc(-n5c6ccccc6c6ccccc65)ccc3-4)cc2)cc1. The summed E-state index contributed by atoms with van der Waals surface area (Å²) in [4.78, 5) is 4.74. The lowest BCUT2D eigenvalue weighted by atomic mass is 9.70. The minimum Gasteiger partial charge on any atom is -0.310 e. The van der Waals surface area contributed by atoms with Crippen molar-refractivity contribution in [1.82, 2.24) is 38.7 Å². The van der Waals surface area contributed by atoms with Crippen molar-refractivity contribution in [3.63, 3.8) is 0 Å². The summed E-state index contributed by atoms with van der Waals surface area (Å²) in [6, 6.07) is 162. The third kappa shape index (κ3) is 11.6. The Balaban J connectivity index is 0.000000143. The van der Waals surface area contributed by atoms with Crippen LogP contribution >= 0.6 is 0 Å². The summed E-state index contributed by atoms with van der Waals surface area (Å²) in [5, 5.41) is 24.0. The molecule has 0 aliphatic heterocycles. The molecule has 10 nitrogen and oxygen atoms in total. The molecule has 0 saturated carbocycles. The predicted octanol–water partition coefficient (Wildman–Crippen LogP) is 29.0. The Bertz CT molecular complexity index is 7700. The molecule has 22 aromatic rings. The van der Waals surface area contributed by atoms with Crippen molar-refractivity contribution < 1.29 is 0 Å². The Labute approximate surface area is 730 Å². The second-order valence-electron chi connectivity index (χ2n) is 33.3. The zero-order valence-corrected chi connectivity index (χ0v) is 69.2. The molecule has 0 unspecified atom stereocenters. The molecule has 10 heteroatoms. The van der Waals surface area contributed by atoms with E-state index in [1.54, 1.807) is 0 Å². The van der Waals surface area contributed by atoms with E-state index < -0.39 is 5.41 Å². The summed E-state index contributed by atoms with van der Waals surface area (Å²) < 4.78 is 9.19. The molecule has 3 aliphatic rings. The van der Waals surface area contributed by atoms with Crippen LogP contribution in [-0.2, 0) is 10.8 Å². The molecular formula is C116H80N10. The standard InChI is InChI=1S/C63H41N5.C53H39N5/c1-4-18-42(19-5-1)61-64-65-62(43-20-6-2-7-21-43)68(61)46-34-32-45(33-35-46)66(44-22-8-3-9-23-44)47-36-38-51-52-39-37-48(67-59-30-16-12-26-53(59)54-27-13-17-31-60(54)67)41-58(52)63(57(51)40-47)55-28-14-10-24-49(55)50-25-11-15-29-56(50)63;1-53(2)47-34-41(30-32-43(47)44-33-31-42(35-48(44)53)57-49-24-14-12-22-45(49)46-23-13-15-25-50(46)57)56(38-20-10-5-11-21-38)39-26-28-40(29-27-39)58-51(36-16-6-3-7-17-36)54-55-52(58)37-18-8-4-9-19-37/h1-41H;3-35H,1-2H3. The van der Waals surface area contributed by atoms with Gasteiger partial charge in [-0.2, -0.15) is 0 Å². The Morgan fingerprint density at radius 3 is 0.802 bits per heavy atom. The van der Waals surface area contributed by atoms with Crippen LogP contribution in [0.3, 0.4) is 0 Å². The van der Waals surface area contributed by atoms with Gasteiger partial charge in [0.25, 0.3) is 0 Å². The van der Waals surface area contributed by atoms with Gasteiger partial charge in [0, 0.05) is 106 Å². The van der Waals surface area contributed by atoms with Gasteiger partial charge in [0.05, 0.1) is 27.5 Å². The van der Waals surface area contributed by atoms with Crippen LogP contribution in [0.4, 0.5) is 34.1 Å². The molecule has 126 heavy (non-hydrogen) atoms. The van der Waals surface area contributed by atoms with Crippen molar-refractivity contribution in [1.29, 1.82) is 0 Å². The van der Waals surface area contributed by atoms with Crippen LogP contribution in [0.1, 0.15) is 47.2 Å². The highest BCUT2D eigenvalue weighted by Gasteiger charge is 2.52. The maximum absolute atomic E-state index is 4.76. The van der Waals surface area contributed by atoms with E-state index in [-0.39, 0.29) is 5.41 Å². The number of para-hydroxylation sites is 6. The number of aromatic nitrogens is 8. The van der Waals surface area contributed by atoms with E-state index in [4.69, 9.17) is 20.4 Å². The Morgan fingerprint density at radius 2 is 0.437 bits per heavy atom. The number of anilines is 6. The van der Waals surface area contributed by atoms with Crippen molar-refractivity contribution in [2.24, 2.45) is 0 Å². The fourth-order valence-electron chi connectivity index (χ4n) is 20.5. The summed E-state index contributed by atoms with van der Waals surface area (Å²) >= 11 is 0. The molecule has 25 rings (SSSR count). The van der Waals surface area contributed by atoms with Crippen LogP contribution in [0.15, 0.2) is 449 Å². The molecular weight excluding hydrogens is 1530 g/mol. The smallest absolute Gasteiger partial charge is 0.168 e. The number of fused-ring (bicyclic) bond motifs is 19. The van der Waals surface area contributed by atoms with Gasteiger partial charge in [-0.15, -0.1) is 20.4 Å². The molecule has 594 valence electrons. The summed E-state index contributed by atoms with van der Waals surface area (Å²) in [7, 11) is 0. The summed E-state index contributed by atoms with van der Waals surface area (Å²) in [5.74, 6) is 3.18. The molecule has 18 aromatic carbocycles. The second-order valence-corrected chi connectivity index (χ2v) is 33.3. The van der Waals surface area contributed by atoms with Gasteiger partial charge in [-0.1, -0.05) is 317 Å². The van der Waals surface area contributed by atoms with Gasteiger partial charge in [0.15, 0.2) is 23.3 Å². The summed E-state index contributed by atoms with van der Waals surface area (Å²) in [6.45, 7) is 4.74. The molecule has 0 radical (unpaired) electrons. The molecule has 4 aromatic heterocycles. The first kappa shape index (κ1) is 73.4. The van der Waals surface area contributed by atoms with E-state index >= 15 is 0 Å². The highest BCUT2D eigenvalue weighted by molar-refractivity contribution is 6.11.